The molecule has 1 aromatic rings. The van der Waals surface area contributed by atoms with Gasteiger partial charge in [0.1, 0.15) is 5.76 Å². The fraction of sp³-hybridized carbons (Fsp3) is 0.812. The van der Waals surface area contributed by atoms with Gasteiger partial charge in [-0.3, -0.25) is 0 Å². The Kier molecular flexibility index (Phi) is 2.73. The van der Waals surface area contributed by atoms with Crippen molar-refractivity contribution in [3.8, 4) is 0 Å². The van der Waals surface area contributed by atoms with Crippen LogP contribution in [0.5, 0.6) is 0 Å². The maximum Gasteiger partial charge on any atom is 0.208 e. The van der Waals surface area contributed by atoms with Gasteiger partial charge in [-0.05, 0) is 63.2 Å². The molecule has 2 bridgehead atoms. The highest BCUT2D eigenvalue weighted by Crippen LogP contribution is 2.58. The van der Waals surface area contributed by atoms with Gasteiger partial charge >= 0.3 is 0 Å². The normalized spacial score (nSPS) is 40.0. The number of fused-ring (bicyclic) bond motifs is 5. The van der Waals surface area contributed by atoms with Gasteiger partial charge in [0.05, 0.1) is 12.2 Å². The molecule has 3 nitrogen and oxygen atoms in total. The molecule has 0 aliphatic heterocycles. The predicted octanol–water partition coefficient (Wildman–Crippen LogP) is 3.21. The Labute approximate surface area is 115 Å². The van der Waals surface area contributed by atoms with Gasteiger partial charge < -0.3 is 9.73 Å². The summed E-state index contributed by atoms with van der Waals surface area (Å²) in [5, 5.41) is 3.73. The summed E-state index contributed by atoms with van der Waals surface area (Å²) < 4.78 is 5.67. The Balaban J connectivity index is 1.40. The molecule has 19 heavy (non-hydrogen) atoms. The van der Waals surface area contributed by atoms with Gasteiger partial charge in [-0.25, -0.2) is 4.98 Å². The first-order chi connectivity index (χ1) is 9.22. The minimum Gasteiger partial charge on any atom is -0.444 e. The molecule has 0 saturated heterocycles. The number of hydrogen-bond acceptors (Lipinski definition) is 3. The predicted molar refractivity (Wildman–Crippen MR) is 73.6 cm³/mol. The first-order valence-corrected chi connectivity index (χ1v) is 7.88. The van der Waals surface area contributed by atoms with E-state index in [9.17, 15) is 0 Å². The zero-order chi connectivity index (χ0) is 13.0. The molecule has 4 rings (SSSR count). The summed E-state index contributed by atoms with van der Waals surface area (Å²) in [5.41, 5.74) is 1.03. The molecular formula is C16H24N2O. The summed E-state index contributed by atoms with van der Waals surface area (Å²) in [6.07, 6.45) is 7.35. The smallest absolute Gasteiger partial charge is 0.208 e. The molecule has 1 heterocycles. The Bertz CT molecular complexity index is 462. The van der Waals surface area contributed by atoms with Crippen LogP contribution in [0.3, 0.4) is 0 Å². The van der Waals surface area contributed by atoms with E-state index >= 15 is 0 Å². The maximum absolute atomic E-state index is 5.67. The van der Waals surface area contributed by atoms with Gasteiger partial charge in [-0.1, -0.05) is 6.42 Å². The van der Waals surface area contributed by atoms with Crippen LogP contribution in [0.25, 0.3) is 0 Å². The Morgan fingerprint density at radius 2 is 2.00 bits per heavy atom. The lowest BCUT2D eigenvalue weighted by Crippen LogP contribution is -2.38. The van der Waals surface area contributed by atoms with Crippen LogP contribution in [0.1, 0.15) is 49.4 Å². The molecule has 3 fully saturated rings. The standard InChI is InChI=1S/C16H24N2O/c1-9-10(2)19-16(18-9)8-17-15-7-11-6-14(15)13-5-3-4-12(11)13/h11-15,17H,3-8H2,1-2H3. The third-order valence-corrected chi connectivity index (χ3v) is 6.02. The number of nitrogens with one attached hydrogen (secondary N) is 1. The molecule has 0 radical (unpaired) electrons. The Hall–Kier alpha value is -0.830. The van der Waals surface area contributed by atoms with Crippen LogP contribution in [-0.2, 0) is 6.54 Å². The molecule has 0 spiro atoms. The third kappa shape index (κ3) is 1.85. The molecular weight excluding hydrogens is 236 g/mol. The van der Waals surface area contributed by atoms with Crippen LogP contribution >= 0.6 is 0 Å². The average Bonchev–Trinajstić information content (AvgIpc) is 3.09. The van der Waals surface area contributed by atoms with Crippen molar-refractivity contribution in [1.29, 1.82) is 0 Å². The molecule has 1 aromatic heterocycles. The molecule has 3 aliphatic carbocycles. The second-order valence-electron chi connectivity index (χ2n) is 6.89. The van der Waals surface area contributed by atoms with Gasteiger partial charge in [0.25, 0.3) is 0 Å². The molecule has 0 aromatic carbocycles. The van der Waals surface area contributed by atoms with Gasteiger partial charge in [0.15, 0.2) is 0 Å². The highest BCUT2D eigenvalue weighted by atomic mass is 16.4. The number of oxazole rings is 1. The molecule has 0 amide bonds. The maximum atomic E-state index is 5.67. The summed E-state index contributed by atoms with van der Waals surface area (Å²) in [5.74, 6) is 5.89. The largest absolute Gasteiger partial charge is 0.444 e. The summed E-state index contributed by atoms with van der Waals surface area (Å²) >= 11 is 0. The average molecular weight is 260 g/mol. The summed E-state index contributed by atoms with van der Waals surface area (Å²) in [4.78, 5) is 4.47. The fourth-order valence-electron chi connectivity index (χ4n) is 5.14. The summed E-state index contributed by atoms with van der Waals surface area (Å²) in [6.45, 7) is 4.81. The molecule has 5 atom stereocenters. The highest BCUT2D eigenvalue weighted by Gasteiger charge is 2.53. The molecule has 1 N–H and O–H groups in total. The lowest BCUT2D eigenvalue weighted by molar-refractivity contribution is 0.204. The quantitative estimate of drug-likeness (QED) is 0.907. The highest BCUT2D eigenvalue weighted by molar-refractivity contribution is 5.07. The van der Waals surface area contributed by atoms with Crippen LogP contribution in [0, 0.1) is 37.5 Å². The van der Waals surface area contributed by atoms with Crippen LogP contribution < -0.4 is 5.32 Å². The summed E-state index contributed by atoms with van der Waals surface area (Å²) in [7, 11) is 0. The van der Waals surface area contributed by atoms with E-state index in [0.29, 0.717) is 0 Å². The van der Waals surface area contributed by atoms with E-state index in [-0.39, 0.29) is 0 Å². The van der Waals surface area contributed by atoms with Crippen LogP contribution in [0.2, 0.25) is 0 Å². The molecule has 3 saturated carbocycles. The fourth-order valence-corrected chi connectivity index (χ4v) is 5.14. The van der Waals surface area contributed by atoms with E-state index in [2.05, 4.69) is 10.3 Å². The molecule has 104 valence electrons. The monoisotopic (exact) mass is 260 g/mol. The van der Waals surface area contributed by atoms with Crippen molar-refractivity contribution in [2.75, 3.05) is 0 Å². The van der Waals surface area contributed by atoms with E-state index in [1.165, 1.54) is 32.1 Å². The van der Waals surface area contributed by atoms with Crippen LogP contribution in [0.15, 0.2) is 4.42 Å². The zero-order valence-electron chi connectivity index (χ0n) is 12.0. The van der Waals surface area contributed by atoms with Gasteiger partial charge in [-0.15, -0.1) is 0 Å². The molecule has 3 heteroatoms. The SMILES string of the molecule is Cc1nc(CNC2CC3CC2C2CCCC32)oc1C. The number of rotatable bonds is 3. The Morgan fingerprint density at radius 1 is 1.16 bits per heavy atom. The van der Waals surface area contributed by atoms with Gasteiger partial charge in [-0.2, -0.15) is 0 Å². The van der Waals surface area contributed by atoms with Gasteiger partial charge in [0.2, 0.25) is 5.89 Å². The van der Waals surface area contributed by atoms with E-state index < -0.39 is 0 Å². The van der Waals surface area contributed by atoms with Crippen molar-refractivity contribution >= 4 is 0 Å². The first kappa shape index (κ1) is 12.0. The van der Waals surface area contributed by atoms with E-state index in [4.69, 9.17) is 4.42 Å². The van der Waals surface area contributed by atoms with E-state index in [1.54, 1.807) is 0 Å². The van der Waals surface area contributed by atoms with E-state index in [1.807, 2.05) is 13.8 Å². The number of hydrogen-bond donors (Lipinski definition) is 1. The lowest BCUT2D eigenvalue weighted by Gasteiger charge is -2.31. The van der Waals surface area contributed by atoms with Crippen molar-refractivity contribution in [2.24, 2.45) is 23.7 Å². The topological polar surface area (TPSA) is 38.1 Å². The van der Waals surface area contributed by atoms with Crippen LogP contribution in [-0.4, -0.2) is 11.0 Å². The van der Waals surface area contributed by atoms with Crippen molar-refractivity contribution < 1.29 is 4.42 Å². The lowest BCUT2D eigenvalue weighted by atomic mass is 9.79. The van der Waals surface area contributed by atoms with Crippen molar-refractivity contribution in [1.82, 2.24) is 10.3 Å². The van der Waals surface area contributed by atoms with E-state index in [0.717, 1.165) is 53.6 Å². The number of aryl methyl sites for hydroxylation is 2. The second-order valence-corrected chi connectivity index (χ2v) is 6.89. The third-order valence-electron chi connectivity index (χ3n) is 6.02. The summed E-state index contributed by atoms with van der Waals surface area (Å²) in [6, 6.07) is 0.719. The number of aromatic nitrogens is 1. The van der Waals surface area contributed by atoms with Gasteiger partial charge in [0, 0.05) is 6.04 Å². The first-order valence-electron chi connectivity index (χ1n) is 7.88. The molecule has 3 aliphatic rings. The minimum absolute atomic E-state index is 0.719. The second kappa shape index (κ2) is 4.34. The Morgan fingerprint density at radius 3 is 2.79 bits per heavy atom. The van der Waals surface area contributed by atoms with Crippen molar-refractivity contribution in [3.63, 3.8) is 0 Å². The molecule has 5 unspecified atom stereocenters. The van der Waals surface area contributed by atoms with Crippen LogP contribution in [0.4, 0.5) is 0 Å². The zero-order valence-corrected chi connectivity index (χ0v) is 12.0. The van der Waals surface area contributed by atoms with Crippen molar-refractivity contribution in [3.05, 3.63) is 17.3 Å². The minimum atomic E-state index is 0.719. The number of nitrogens with zero attached hydrogens (tertiary/aromatic N) is 1. The van der Waals surface area contributed by atoms with Crippen molar-refractivity contribution in [2.45, 2.75) is 58.5 Å².